The Bertz CT molecular complexity index is 857. The number of anilines is 1. The number of nitrogens with zero attached hydrogens (tertiary/aromatic N) is 4. The van der Waals surface area contributed by atoms with Crippen LogP contribution in [0.5, 0.6) is 0 Å². The van der Waals surface area contributed by atoms with Gasteiger partial charge in [-0.25, -0.2) is 14.8 Å². The van der Waals surface area contributed by atoms with Crippen molar-refractivity contribution in [3.05, 3.63) is 18.6 Å². The summed E-state index contributed by atoms with van der Waals surface area (Å²) in [5, 5.41) is 1.05. The molecule has 0 spiro atoms. The second-order valence-electron chi connectivity index (χ2n) is 9.35. The lowest BCUT2D eigenvalue weighted by molar-refractivity contribution is 0.0269. The van der Waals surface area contributed by atoms with Crippen LogP contribution in [0.3, 0.4) is 0 Å². The second-order valence-corrected chi connectivity index (χ2v) is 9.35. The van der Waals surface area contributed by atoms with Crippen LogP contribution in [-0.4, -0.2) is 57.7 Å². The fourth-order valence-electron chi connectivity index (χ4n) is 4.73. The Hall–Kier alpha value is -2.31. The lowest BCUT2D eigenvalue weighted by Gasteiger charge is -2.30. The van der Waals surface area contributed by atoms with Crippen molar-refractivity contribution in [2.75, 3.05) is 25.0 Å². The van der Waals surface area contributed by atoms with Crippen LogP contribution in [0.1, 0.15) is 40.5 Å². The van der Waals surface area contributed by atoms with Gasteiger partial charge in [-0.15, -0.1) is 0 Å². The Morgan fingerprint density at radius 2 is 2.19 bits per heavy atom. The van der Waals surface area contributed by atoms with E-state index in [-0.39, 0.29) is 11.5 Å². The van der Waals surface area contributed by atoms with Crippen LogP contribution in [0.25, 0.3) is 11.0 Å². The van der Waals surface area contributed by atoms with Crippen molar-refractivity contribution in [2.45, 2.75) is 52.2 Å². The number of ether oxygens (including phenoxy) is 1. The molecule has 1 amide bonds. The molecule has 7 nitrogen and oxygen atoms in total. The monoisotopic (exact) mass is 371 g/mol. The summed E-state index contributed by atoms with van der Waals surface area (Å²) in [5.74, 6) is 1.46. The predicted octanol–water partition coefficient (Wildman–Crippen LogP) is 3.43. The topological polar surface area (TPSA) is 74.4 Å². The third kappa shape index (κ3) is 3.24. The number of carbonyl (C=O) groups is 1. The molecule has 3 unspecified atom stereocenters. The molecule has 1 aliphatic carbocycles. The summed E-state index contributed by atoms with van der Waals surface area (Å²) in [6.45, 7) is 9.59. The average molecular weight is 371 g/mol. The summed E-state index contributed by atoms with van der Waals surface area (Å²) < 4.78 is 5.57. The van der Waals surface area contributed by atoms with Gasteiger partial charge in [0.15, 0.2) is 0 Å². The Kier molecular flexibility index (Phi) is 4.09. The number of hydrogen-bond donors (Lipinski definition) is 1. The zero-order valence-corrected chi connectivity index (χ0v) is 16.8. The van der Waals surface area contributed by atoms with Gasteiger partial charge in [-0.2, -0.15) is 0 Å². The standard InChI is InChI=1S/C20H29N5O2/c1-19(2,3)27-18(26)25-10-13-8-14(9-20(13,4)11-25)24(5)17-15-6-7-21-16(15)22-12-23-17/h6-7,12-14H,8-11H2,1-5H3,(H,21,22,23). The molecule has 27 heavy (non-hydrogen) atoms. The SMILES string of the molecule is CN(c1ncnc2[nH]ccc12)C1CC2CN(C(=O)OC(C)(C)C)CC2(C)C1. The van der Waals surface area contributed by atoms with Crippen molar-refractivity contribution in [2.24, 2.45) is 11.3 Å². The normalized spacial score (nSPS) is 27.8. The number of rotatable bonds is 2. The number of aromatic nitrogens is 3. The molecular weight excluding hydrogens is 342 g/mol. The van der Waals surface area contributed by atoms with Crippen molar-refractivity contribution in [1.29, 1.82) is 0 Å². The molecule has 2 fully saturated rings. The van der Waals surface area contributed by atoms with Crippen LogP contribution in [-0.2, 0) is 4.74 Å². The lowest BCUT2D eigenvalue weighted by atomic mass is 9.83. The van der Waals surface area contributed by atoms with E-state index in [1.165, 1.54) is 0 Å². The van der Waals surface area contributed by atoms with Crippen molar-refractivity contribution in [1.82, 2.24) is 19.9 Å². The second kappa shape index (κ2) is 6.11. The largest absolute Gasteiger partial charge is 0.444 e. The highest BCUT2D eigenvalue weighted by atomic mass is 16.6. The van der Waals surface area contributed by atoms with Gasteiger partial charge in [0.2, 0.25) is 0 Å². The molecule has 1 saturated heterocycles. The number of carbonyl (C=O) groups excluding carboxylic acids is 1. The molecule has 3 heterocycles. The molecule has 2 aliphatic rings. The molecule has 4 rings (SSSR count). The zero-order valence-electron chi connectivity index (χ0n) is 16.8. The van der Waals surface area contributed by atoms with E-state index in [1.54, 1.807) is 6.33 Å². The Labute approximate surface area is 160 Å². The first-order chi connectivity index (χ1) is 12.7. The first-order valence-electron chi connectivity index (χ1n) is 9.65. The quantitative estimate of drug-likeness (QED) is 0.875. The molecule has 0 aromatic carbocycles. The van der Waals surface area contributed by atoms with E-state index in [2.05, 4.69) is 33.8 Å². The lowest BCUT2D eigenvalue weighted by Crippen LogP contribution is -2.38. The van der Waals surface area contributed by atoms with Gasteiger partial charge in [0.25, 0.3) is 0 Å². The molecule has 2 aromatic rings. The number of H-pyrrole nitrogens is 1. The van der Waals surface area contributed by atoms with Crippen molar-refractivity contribution >= 4 is 22.9 Å². The summed E-state index contributed by atoms with van der Waals surface area (Å²) in [6.07, 6.45) is 5.44. The highest BCUT2D eigenvalue weighted by Gasteiger charge is 2.52. The fourth-order valence-corrected chi connectivity index (χ4v) is 4.73. The molecule has 0 radical (unpaired) electrons. The zero-order chi connectivity index (χ0) is 19.4. The molecule has 1 aliphatic heterocycles. The van der Waals surface area contributed by atoms with Crippen LogP contribution in [0.15, 0.2) is 18.6 Å². The molecule has 0 bridgehead atoms. The maximum Gasteiger partial charge on any atom is 0.410 e. The molecule has 7 heteroatoms. The van der Waals surface area contributed by atoms with E-state index in [9.17, 15) is 4.79 Å². The minimum atomic E-state index is -0.451. The Morgan fingerprint density at radius 1 is 1.41 bits per heavy atom. The van der Waals surface area contributed by atoms with Gasteiger partial charge < -0.3 is 19.5 Å². The molecule has 3 atom stereocenters. The van der Waals surface area contributed by atoms with Crippen LogP contribution in [0, 0.1) is 11.3 Å². The van der Waals surface area contributed by atoms with Gasteiger partial charge in [0.05, 0.1) is 5.39 Å². The number of likely N-dealkylation sites (tertiary alicyclic amines) is 1. The Balaban J connectivity index is 1.47. The third-order valence-corrected chi connectivity index (χ3v) is 6.10. The summed E-state index contributed by atoms with van der Waals surface area (Å²) in [4.78, 5) is 28.6. The molecule has 1 N–H and O–H groups in total. The van der Waals surface area contributed by atoms with Crippen molar-refractivity contribution in [3.8, 4) is 0 Å². The average Bonchev–Trinajstić information content (AvgIpc) is 3.23. The maximum absolute atomic E-state index is 12.5. The smallest absolute Gasteiger partial charge is 0.410 e. The predicted molar refractivity (Wildman–Crippen MR) is 105 cm³/mol. The van der Waals surface area contributed by atoms with Gasteiger partial charge >= 0.3 is 6.09 Å². The number of fused-ring (bicyclic) bond motifs is 2. The highest BCUT2D eigenvalue weighted by Crippen LogP contribution is 2.50. The van der Waals surface area contributed by atoms with Gasteiger partial charge in [0, 0.05) is 32.4 Å². The van der Waals surface area contributed by atoms with E-state index in [0.29, 0.717) is 12.0 Å². The van der Waals surface area contributed by atoms with Gasteiger partial charge in [-0.05, 0) is 51.0 Å². The summed E-state index contributed by atoms with van der Waals surface area (Å²) in [5.41, 5.74) is 0.542. The van der Waals surface area contributed by atoms with E-state index in [0.717, 1.165) is 42.8 Å². The van der Waals surface area contributed by atoms with Crippen molar-refractivity contribution < 1.29 is 9.53 Å². The summed E-state index contributed by atoms with van der Waals surface area (Å²) in [7, 11) is 2.12. The highest BCUT2D eigenvalue weighted by molar-refractivity contribution is 5.87. The number of aromatic amines is 1. The van der Waals surface area contributed by atoms with Gasteiger partial charge in [0.1, 0.15) is 23.4 Å². The van der Waals surface area contributed by atoms with Gasteiger partial charge in [-0.3, -0.25) is 0 Å². The molecule has 2 aromatic heterocycles. The minimum absolute atomic E-state index is 0.125. The van der Waals surface area contributed by atoms with E-state index in [1.807, 2.05) is 37.9 Å². The van der Waals surface area contributed by atoms with E-state index >= 15 is 0 Å². The van der Waals surface area contributed by atoms with Crippen LogP contribution >= 0.6 is 0 Å². The summed E-state index contributed by atoms with van der Waals surface area (Å²) in [6, 6.07) is 2.44. The number of hydrogen-bond acceptors (Lipinski definition) is 5. The number of nitrogens with one attached hydrogen (secondary N) is 1. The van der Waals surface area contributed by atoms with Crippen LogP contribution < -0.4 is 4.90 Å². The first-order valence-corrected chi connectivity index (χ1v) is 9.65. The minimum Gasteiger partial charge on any atom is -0.444 e. The molecular formula is C20H29N5O2. The third-order valence-electron chi connectivity index (χ3n) is 6.10. The molecule has 146 valence electrons. The molecule has 1 saturated carbocycles. The van der Waals surface area contributed by atoms with Crippen molar-refractivity contribution in [3.63, 3.8) is 0 Å². The van der Waals surface area contributed by atoms with Gasteiger partial charge in [-0.1, -0.05) is 6.92 Å². The van der Waals surface area contributed by atoms with E-state index in [4.69, 9.17) is 4.74 Å². The summed E-state index contributed by atoms with van der Waals surface area (Å²) >= 11 is 0. The Morgan fingerprint density at radius 3 is 2.89 bits per heavy atom. The first kappa shape index (κ1) is 18.1. The number of amides is 1. The fraction of sp³-hybridized carbons (Fsp3) is 0.650. The van der Waals surface area contributed by atoms with Crippen LogP contribution in [0.4, 0.5) is 10.6 Å². The maximum atomic E-state index is 12.5. The van der Waals surface area contributed by atoms with E-state index < -0.39 is 5.60 Å². The van der Waals surface area contributed by atoms with Crippen LogP contribution in [0.2, 0.25) is 0 Å².